The van der Waals surface area contributed by atoms with Crippen LogP contribution >= 0.6 is 27.3 Å². The monoisotopic (exact) mass is 353 g/mol. The van der Waals surface area contributed by atoms with E-state index in [2.05, 4.69) is 15.9 Å². The molecule has 0 bridgehead atoms. The highest BCUT2D eigenvalue weighted by atomic mass is 79.9. The third-order valence-electron chi connectivity index (χ3n) is 2.80. The molecule has 1 aromatic heterocycles. The summed E-state index contributed by atoms with van der Waals surface area (Å²) in [5.74, 6) is -1.11. The lowest BCUT2D eigenvalue weighted by atomic mass is 10.2. The zero-order valence-corrected chi connectivity index (χ0v) is 12.6. The lowest BCUT2D eigenvalue weighted by molar-refractivity contribution is 0.0702. The predicted molar refractivity (Wildman–Crippen MR) is 71.6 cm³/mol. The predicted octanol–water partition coefficient (Wildman–Crippen LogP) is 2.38. The zero-order chi connectivity index (χ0) is 13.3. The third-order valence-corrected chi connectivity index (χ3v) is 6.94. The molecule has 2 rings (SSSR count). The van der Waals surface area contributed by atoms with Crippen molar-refractivity contribution in [2.45, 2.75) is 24.2 Å². The van der Waals surface area contributed by atoms with Crippen molar-refractivity contribution >= 4 is 43.3 Å². The molecule has 8 heteroatoms. The van der Waals surface area contributed by atoms with Gasteiger partial charge in [-0.25, -0.2) is 13.2 Å². The third kappa shape index (κ3) is 2.61. The number of rotatable bonds is 3. The Kier molecular flexibility index (Phi) is 4.10. The van der Waals surface area contributed by atoms with E-state index in [0.29, 0.717) is 16.9 Å². The van der Waals surface area contributed by atoms with Gasteiger partial charge in [0.1, 0.15) is 9.77 Å². The minimum atomic E-state index is -3.57. The number of carboxylic acid groups (broad SMARTS) is 1. The average Bonchev–Trinajstić information content (AvgIpc) is 2.73. The van der Waals surface area contributed by atoms with Crippen LogP contribution in [-0.4, -0.2) is 36.9 Å². The number of carbonyl (C=O) groups is 1. The van der Waals surface area contributed by atoms with E-state index in [9.17, 15) is 13.2 Å². The molecule has 1 aromatic rings. The molecule has 100 valence electrons. The second kappa shape index (κ2) is 5.28. The van der Waals surface area contributed by atoms with Crippen LogP contribution in [0.15, 0.2) is 14.7 Å². The molecule has 0 unspecified atom stereocenters. The number of hydrogen-bond acceptors (Lipinski definition) is 4. The van der Waals surface area contributed by atoms with E-state index in [1.54, 1.807) is 0 Å². The molecule has 0 spiro atoms. The fraction of sp³-hybridized carbons (Fsp3) is 0.500. The SMILES string of the molecule is O=C(O)c1cc(S(=O)(=O)N2CCCCC2)c(Br)s1. The molecule has 1 saturated heterocycles. The number of hydrogen-bond donors (Lipinski definition) is 1. The number of nitrogens with zero attached hydrogens (tertiary/aromatic N) is 1. The standard InChI is InChI=1S/C10H12BrNO4S2/c11-9-8(6-7(17-9)10(13)14)18(15,16)12-4-2-1-3-5-12/h6H,1-5H2,(H,13,14). The van der Waals surface area contributed by atoms with Crippen molar-refractivity contribution in [3.05, 3.63) is 14.7 Å². The number of carboxylic acids is 1. The number of piperidine rings is 1. The molecule has 0 aliphatic carbocycles. The van der Waals surface area contributed by atoms with Gasteiger partial charge in [-0.05, 0) is 34.8 Å². The lowest BCUT2D eigenvalue weighted by Gasteiger charge is -2.25. The Bertz CT molecular complexity index is 560. The minimum Gasteiger partial charge on any atom is -0.477 e. The van der Waals surface area contributed by atoms with Crippen molar-refractivity contribution in [3.63, 3.8) is 0 Å². The molecule has 1 aliphatic rings. The topological polar surface area (TPSA) is 74.7 Å². The van der Waals surface area contributed by atoms with Crippen molar-refractivity contribution in [1.29, 1.82) is 0 Å². The summed E-state index contributed by atoms with van der Waals surface area (Å²) in [4.78, 5) is 10.9. The van der Waals surface area contributed by atoms with E-state index >= 15 is 0 Å². The zero-order valence-electron chi connectivity index (χ0n) is 9.43. The van der Waals surface area contributed by atoms with Gasteiger partial charge < -0.3 is 5.11 Å². The van der Waals surface area contributed by atoms with Crippen molar-refractivity contribution in [1.82, 2.24) is 4.31 Å². The van der Waals surface area contributed by atoms with E-state index < -0.39 is 16.0 Å². The van der Waals surface area contributed by atoms with Crippen LogP contribution in [0.25, 0.3) is 0 Å². The first-order chi connectivity index (χ1) is 8.43. The molecule has 1 fully saturated rings. The molecule has 1 N–H and O–H groups in total. The summed E-state index contributed by atoms with van der Waals surface area (Å²) in [6.07, 6.45) is 2.75. The van der Waals surface area contributed by atoms with E-state index in [4.69, 9.17) is 5.11 Å². The highest BCUT2D eigenvalue weighted by Gasteiger charge is 2.30. The summed E-state index contributed by atoms with van der Waals surface area (Å²) < 4.78 is 26.5. The van der Waals surface area contributed by atoms with Crippen LogP contribution in [-0.2, 0) is 10.0 Å². The van der Waals surface area contributed by atoms with Gasteiger partial charge in [-0.1, -0.05) is 6.42 Å². The van der Waals surface area contributed by atoms with E-state index in [0.717, 1.165) is 30.6 Å². The summed E-state index contributed by atoms with van der Waals surface area (Å²) in [6, 6.07) is 1.22. The fourth-order valence-electron chi connectivity index (χ4n) is 1.88. The Hall–Kier alpha value is -0.440. The largest absolute Gasteiger partial charge is 0.477 e. The molecule has 0 amide bonds. The highest BCUT2D eigenvalue weighted by molar-refractivity contribution is 9.11. The van der Waals surface area contributed by atoms with Crippen LogP contribution in [0.4, 0.5) is 0 Å². The highest BCUT2D eigenvalue weighted by Crippen LogP contribution is 2.34. The van der Waals surface area contributed by atoms with Crippen molar-refractivity contribution < 1.29 is 18.3 Å². The van der Waals surface area contributed by atoms with Gasteiger partial charge in [-0.2, -0.15) is 4.31 Å². The van der Waals surface area contributed by atoms with Crippen LogP contribution in [0.3, 0.4) is 0 Å². The molecule has 1 aliphatic heterocycles. The van der Waals surface area contributed by atoms with Gasteiger partial charge >= 0.3 is 5.97 Å². The molecule has 18 heavy (non-hydrogen) atoms. The second-order valence-corrected chi connectivity index (χ2v) is 8.29. The van der Waals surface area contributed by atoms with E-state index in [1.807, 2.05) is 0 Å². The first-order valence-corrected chi connectivity index (χ1v) is 8.50. The van der Waals surface area contributed by atoms with Crippen LogP contribution in [0.1, 0.15) is 28.9 Å². The fourth-order valence-corrected chi connectivity index (χ4v) is 5.75. The molecule has 0 radical (unpaired) electrons. The van der Waals surface area contributed by atoms with Gasteiger partial charge in [0.05, 0.1) is 3.79 Å². The Morgan fingerprint density at radius 3 is 2.44 bits per heavy atom. The summed E-state index contributed by atoms with van der Waals surface area (Å²) >= 11 is 4.06. The van der Waals surface area contributed by atoms with Crippen molar-refractivity contribution in [2.24, 2.45) is 0 Å². The Labute approximate surface area is 118 Å². The van der Waals surface area contributed by atoms with Gasteiger partial charge in [0.25, 0.3) is 0 Å². The molecular weight excluding hydrogens is 342 g/mol. The van der Waals surface area contributed by atoms with Gasteiger partial charge in [-0.15, -0.1) is 11.3 Å². The van der Waals surface area contributed by atoms with Gasteiger partial charge in [0.15, 0.2) is 0 Å². The molecule has 0 saturated carbocycles. The normalized spacial score (nSPS) is 17.8. The number of aromatic carboxylic acids is 1. The van der Waals surface area contributed by atoms with E-state index in [-0.39, 0.29) is 9.77 Å². The lowest BCUT2D eigenvalue weighted by Crippen LogP contribution is -2.35. The summed E-state index contributed by atoms with van der Waals surface area (Å²) in [7, 11) is -3.57. The van der Waals surface area contributed by atoms with Crippen LogP contribution in [0.5, 0.6) is 0 Å². The second-order valence-electron chi connectivity index (χ2n) is 4.02. The Balaban J connectivity index is 2.37. The molecular formula is C10H12BrNO4S2. The minimum absolute atomic E-state index is 0.0254. The maximum Gasteiger partial charge on any atom is 0.345 e. The van der Waals surface area contributed by atoms with Gasteiger partial charge in [0, 0.05) is 13.1 Å². The van der Waals surface area contributed by atoms with Crippen LogP contribution in [0.2, 0.25) is 0 Å². The summed E-state index contributed by atoms with van der Waals surface area (Å²) in [5.41, 5.74) is 0. The Morgan fingerprint density at radius 1 is 1.33 bits per heavy atom. The molecule has 5 nitrogen and oxygen atoms in total. The maximum atomic E-state index is 12.4. The molecule has 0 atom stereocenters. The van der Waals surface area contributed by atoms with E-state index in [1.165, 1.54) is 10.4 Å². The van der Waals surface area contributed by atoms with Crippen molar-refractivity contribution in [2.75, 3.05) is 13.1 Å². The molecule has 0 aromatic carbocycles. The molecule has 2 heterocycles. The first kappa shape index (κ1) is 14.0. The van der Waals surface area contributed by atoms with Gasteiger partial charge in [0.2, 0.25) is 10.0 Å². The summed E-state index contributed by atoms with van der Waals surface area (Å²) in [6.45, 7) is 1.01. The van der Waals surface area contributed by atoms with Crippen LogP contribution < -0.4 is 0 Å². The smallest absolute Gasteiger partial charge is 0.345 e. The Morgan fingerprint density at radius 2 is 1.94 bits per heavy atom. The van der Waals surface area contributed by atoms with Crippen LogP contribution in [0, 0.1) is 0 Å². The summed E-state index contributed by atoms with van der Waals surface area (Å²) in [5, 5.41) is 8.88. The number of sulfonamides is 1. The average molecular weight is 354 g/mol. The van der Waals surface area contributed by atoms with Crippen molar-refractivity contribution in [3.8, 4) is 0 Å². The number of halogens is 1. The van der Waals surface area contributed by atoms with Gasteiger partial charge in [-0.3, -0.25) is 0 Å². The first-order valence-electron chi connectivity index (χ1n) is 5.45. The quantitative estimate of drug-likeness (QED) is 0.905. The number of thiophene rings is 1. The maximum absolute atomic E-state index is 12.4.